The smallest absolute Gasteiger partial charge is 0.197 e. The highest BCUT2D eigenvalue weighted by molar-refractivity contribution is 5.85. The van der Waals surface area contributed by atoms with Crippen LogP contribution in [0.15, 0.2) is 0 Å². The van der Waals surface area contributed by atoms with Crippen molar-refractivity contribution in [2.75, 3.05) is 0 Å². The molecule has 0 radical (unpaired) electrons. The maximum Gasteiger partial charge on any atom is 0.452 e. The molecular formula is C3H4ClF5. The fourth-order valence-electron chi connectivity index (χ4n) is 0. The monoisotopic (exact) mass is 170 g/mol. The third kappa shape index (κ3) is 3.51. The molecule has 0 saturated heterocycles. The van der Waals surface area contributed by atoms with Crippen LogP contribution in [0.2, 0.25) is 0 Å². The topological polar surface area (TPSA) is 0 Å². The van der Waals surface area contributed by atoms with E-state index in [-0.39, 0.29) is 19.3 Å². The standard InChI is InChI=1S/C3H3F5.ClH/c1-2(4,5)3(6,7)8;/h1H3;1H. The van der Waals surface area contributed by atoms with Gasteiger partial charge in [-0.1, -0.05) is 0 Å². The van der Waals surface area contributed by atoms with Gasteiger partial charge in [-0.05, 0) is 0 Å². The van der Waals surface area contributed by atoms with Gasteiger partial charge in [-0.15, -0.1) is 12.4 Å². The van der Waals surface area contributed by atoms with Crippen LogP contribution in [0.25, 0.3) is 0 Å². The molecule has 0 saturated carbocycles. The summed E-state index contributed by atoms with van der Waals surface area (Å²) >= 11 is 0. The lowest BCUT2D eigenvalue weighted by Gasteiger charge is -2.12. The predicted octanol–water partition coefficient (Wildman–Crippen LogP) is 2.63. The van der Waals surface area contributed by atoms with Gasteiger partial charge in [0.05, 0.1) is 0 Å². The van der Waals surface area contributed by atoms with Crippen LogP contribution < -0.4 is 0 Å². The Bertz CT molecular complexity index is 67.2. The number of rotatable bonds is 0. The van der Waals surface area contributed by atoms with E-state index in [0.29, 0.717) is 0 Å². The van der Waals surface area contributed by atoms with Crippen LogP contribution in [0.4, 0.5) is 22.0 Å². The van der Waals surface area contributed by atoms with Crippen LogP contribution >= 0.6 is 12.4 Å². The van der Waals surface area contributed by atoms with Gasteiger partial charge in [0.1, 0.15) is 0 Å². The van der Waals surface area contributed by atoms with E-state index in [4.69, 9.17) is 0 Å². The van der Waals surface area contributed by atoms with Crippen molar-refractivity contribution in [1.82, 2.24) is 0 Å². The van der Waals surface area contributed by atoms with E-state index in [1.165, 1.54) is 0 Å². The van der Waals surface area contributed by atoms with Gasteiger partial charge in [-0.3, -0.25) is 0 Å². The molecule has 9 heavy (non-hydrogen) atoms. The van der Waals surface area contributed by atoms with Gasteiger partial charge in [-0.25, -0.2) is 0 Å². The highest BCUT2D eigenvalue weighted by Gasteiger charge is 2.52. The Hall–Kier alpha value is -0.0600. The molecule has 0 aromatic heterocycles. The molecule has 0 aliphatic rings. The molecule has 0 heterocycles. The van der Waals surface area contributed by atoms with Crippen molar-refractivity contribution in [3.05, 3.63) is 0 Å². The normalized spacial score (nSPS) is 12.7. The number of hydrogen-bond acceptors (Lipinski definition) is 0. The van der Waals surface area contributed by atoms with Crippen LogP contribution in [0.3, 0.4) is 0 Å². The molecule has 0 aromatic carbocycles. The Morgan fingerprint density at radius 1 is 0.889 bits per heavy atom. The van der Waals surface area contributed by atoms with E-state index in [2.05, 4.69) is 0 Å². The maximum absolute atomic E-state index is 11.1. The number of hydrogen-bond donors (Lipinski definition) is 0. The van der Waals surface area contributed by atoms with Crippen molar-refractivity contribution >= 4 is 12.4 Å². The van der Waals surface area contributed by atoms with Gasteiger partial charge in [0.2, 0.25) is 0 Å². The molecule has 0 aromatic rings. The van der Waals surface area contributed by atoms with Crippen molar-refractivity contribution in [2.24, 2.45) is 0 Å². The lowest BCUT2D eigenvalue weighted by Crippen LogP contribution is -2.32. The van der Waals surface area contributed by atoms with Gasteiger partial charge >= 0.3 is 12.1 Å². The molecule has 0 fully saturated rings. The minimum Gasteiger partial charge on any atom is -0.197 e. The lowest BCUT2D eigenvalue weighted by molar-refractivity contribution is -0.273. The van der Waals surface area contributed by atoms with Gasteiger partial charge in [-0.2, -0.15) is 22.0 Å². The van der Waals surface area contributed by atoms with E-state index >= 15 is 0 Å². The van der Waals surface area contributed by atoms with Crippen molar-refractivity contribution < 1.29 is 22.0 Å². The van der Waals surface area contributed by atoms with E-state index < -0.39 is 12.1 Å². The Kier molecular flexibility index (Phi) is 3.49. The van der Waals surface area contributed by atoms with Crippen molar-refractivity contribution in [1.29, 1.82) is 0 Å². The van der Waals surface area contributed by atoms with Gasteiger partial charge < -0.3 is 0 Å². The summed E-state index contributed by atoms with van der Waals surface area (Å²) in [4.78, 5) is 0. The molecule has 0 aliphatic heterocycles. The van der Waals surface area contributed by atoms with Gasteiger partial charge in [0.25, 0.3) is 0 Å². The van der Waals surface area contributed by atoms with Crippen molar-refractivity contribution in [3.63, 3.8) is 0 Å². The minimum absolute atomic E-state index is 0. The predicted molar refractivity (Wildman–Crippen MR) is 23.9 cm³/mol. The summed E-state index contributed by atoms with van der Waals surface area (Å²) in [5.74, 6) is -4.56. The first-order chi connectivity index (χ1) is 3.25. The minimum atomic E-state index is -5.40. The highest BCUT2D eigenvalue weighted by Crippen LogP contribution is 2.34. The third-order valence-corrected chi connectivity index (χ3v) is 0.498. The summed E-state index contributed by atoms with van der Waals surface area (Å²) in [6.07, 6.45) is -5.40. The molecule has 58 valence electrons. The van der Waals surface area contributed by atoms with E-state index in [9.17, 15) is 22.0 Å². The molecule has 0 amide bonds. The van der Waals surface area contributed by atoms with Gasteiger partial charge in [0, 0.05) is 6.92 Å². The zero-order valence-corrected chi connectivity index (χ0v) is 5.11. The molecule has 0 unspecified atom stereocenters. The zero-order valence-electron chi connectivity index (χ0n) is 4.30. The van der Waals surface area contributed by atoms with E-state index in [0.717, 1.165) is 0 Å². The molecule has 0 nitrogen and oxygen atoms in total. The summed E-state index contributed by atoms with van der Waals surface area (Å²) in [5, 5.41) is 0. The van der Waals surface area contributed by atoms with E-state index in [1.54, 1.807) is 0 Å². The Morgan fingerprint density at radius 2 is 1.00 bits per heavy atom. The second kappa shape index (κ2) is 2.68. The van der Waals surface area contributed by atoms with Crippen molar-refractivity contribution in [3.8, 4) is 0 Å². The van der Waals surface area contributed by atoms with Crippen molar-refractivity contribution in [2.45, 2.75) is 19.0 Å². The Labute approximate surface area is 54.4 Å². The molecular weight excluding hydrogens is 166 g/mol. The molecule has 0 aliphatic carbocycles. The second-order valence-corrected chi connectivity index (χ2v) is 1.39. The SMILES string of the molecule is CC(F)(F)C(F)(F)F.Cl. The molecule has 0 N–H and O–H groups in total. The molecule has 6 heteroatoms. The Balaban J connectivity index is 0. The fraction of sp³-hybridized carbons (Fsp3) is 1.00. The third-order valence-electron chi connectivity index (χ3n) is 0.498. The average molecular weight is 171 g/mol. The fourth-order valence-corrected chi connectivity index (χ4v) is 0. The summed E-state index contributed by atoms with van der Waals surface area (Å²) < 4.78 is 54.6. The van der Waals surface area contributed by atoms with Crippen LogP contribution in [-0.4, -0.2) is 12.1 Å². The molecule has 0 rings (SSSR count). The molecule has 0 bridgehead atoms. The van der Waals surface area contributed by atoms with Gasteiger partial charge in [0.15, 0.2) is 0 Å². The first-order valence-electron chi connectivity index (χ1n) is 1.69. The second-order valence-electron chi connectivity index (χ2n) is 1.39. The lowest BCUT2D eigenvalue weighted by atomic mass is 10.4. The first kappa shape index (κ1) is 11.7. The first-order valence-corrected chi connectivity index (χ1v) is 1.69. The summed E-state index contributed by atoms with van der Waals surface area (Å²) in [5.41, 5.74) is 0. The average Bonchev–Trinajstić information content (AvgIpc) is 1.25. The number of alkyl halides is 5. The highest BCUT2D eigenvalue weighted by atomic mass is 35.5. The van der Waals surface area contributed by atoms with Crippen LogP contribution in [-0.2, 0) is 0 Å². The summed E-state index contributed by atoms with van der Waals surface area (Å²) in [7, 11) is 0. The molecule has 0 spiro atoms. The summed E-state index contributed by atoms with van der Waals surface area (Å²) in [6.45, 7) is -0.188. The van der Waals surface area contributed by atoms with Crippen LogP contribution in [0.5, 0.6) is 0 Å². The quantitative estimate of drug-likeness (QED) is 0.490. The summed E-state index contributed by atoms with van der Waals surface area (Å²) in [6, 6.07) is 0. The zero-order chi connectivity index (χ0) is 7.00. The van der Waals surface area contributed by atoms with E-state index in [1.807, 2.05) is 0 Å². The van der Waals surface area contributed by atoms with Crippen LogP contribution in [0, 0.1) is 0 Å². The molecule has 0 atom stereocenters. The van der Waals surface area contributed by atoms with Crippen LogP contribution in [0.1, 0.15) is 6.92 Å². The largest absolute Gasteiger partial charge is 0.452 e. The number of halogens is 6. The maximum atomic E-state index is 11.1. The Morgan fingerprint density at radius 3 is 1.00 bits per heavy atom.